The molecule has 16 nitrogen and oxygen atoms in total. The summed E-state index contributed by atoms with van der Waals surface area (Å²) in [6, 6.07) is 11.9. The highest BCUT2D eigenvalue weighted by molar-refractivity contribution is 7.91. The normalized spacial score (nSPS) is 21.1. The third-order valence-corrected chi connectivity index (χ3v) is 14.1. The van der Waals surface area contributed by atoms with E-state index in [1.54, 1.807) is 25.4 Å². The molecule has 316 valence electrons. The first-order chi connectivity index (χ1) is 28.8. The number of methoxy groups -OCH3 is 1. The van der Waals surface area contributed by atoms with Crippen molar-refractivity contribution in [3.63, 3.8) is 0 Å². The molecule has 2 aromatic carbocycles. The van der Waals surface area contributed by atoms with Gasteiger partial charge in [0.05, 0.1) is 28.7 Å². The van der Waals surface area contributed by atoms with Gasteiger partial charge in [-0.25, -0.2) is 18.4 Å². The van der Waals surface area contributed by atoms with Crippen molar-refractivity contribution in [3.8, 4) is 0 Å². The monoisotopic (exact) mass is 837 g/mol. The Labute approximate surface area is 349 Å². The van der Waals surface area contributed by atoms with Gasteiger partial charge in [-0.3, -0.25) is 29.4 Å². The molecule has 4 aromatic rings. The number of pyridine rings is 1. The number of nitrogens with zero attached hydrogens (tertiary/aromatic N) is 6. The summed E-state index contributed by atoms with van der Waals surface area (Å²) in [5.74, 6) is -0.101. The molecular formula is C43H51N9O7S. The number of fused-ring (bicyclic) bond motifs is 2. The molecule has 0 saturated carbocycles. The second-order valence-electron chi connectivity index (χ2n) is 16.5. The largest absolute Gasteiger partial charge is 0.384 e. The van der Waals surface area contributed by atoms with Crippen LogP contribution in [0.2, 0.25) is 0 Å². The molecule has 3 fully saturated rings. The predicted molar refractivity (Wildman–Crippen MR) is 229 cm³/mol. The summed E-state index contributed by atoms with van der Waals surface area (Å²) >= 11 is 0. The van der Waals surface area contributed by atoms with Crippen LogP contribution in [0.25, 0.3) is 10.8 Å². The number of hydrogen-bond acceptors (Lipinski definition) is 14. The summed E-state index contributed by atoms with van der Waals surface area (Å²) < 4.78 is 32.3. The third-order valence-electron chi connectivity index (χ3n) is 12.3. The molecule has 3 atom stereocenters. The van der Waals surface area contributed by atoms with Crippen molar-refractivity contribution in [2.75, 3.05) is 65.2 Å². The Kier molecular flexibility index (Phi) is 11.5. The quantitative estimate of drug-likeness (QED) is 0.117. The fourth-order valence-electron chi connectivity index (χ4n) is 8.85. The van der Waals surface area contributed by atoms with Crippen molar-refractivity contribution < 1.29 is 32.3 Å². The number of nitrogens with one attached hydrogen (secondary N) is 3. The van der Waals surface area contributed by atoms with Gasteiger partial charge >= 0.3 is 0 Å². The zero-order valence-corrected chi connectivity index (χ0v) is 35.1. The molecule has 60 heavy (non-hydrogen) atoms. The van der Waals surface area contributed by atoms with Gasteiger partial charge in [-0.05, 0) is 79.8 Å². The van der Waals surface area contributed by atoms with Crippen LogP contribution in [0.3, 0.4) is 0 Å². The molecule has 3 saturated heterocycles. The van der Waals surface area contributed by atoms with Crippen molar-refractivity contribution in [3.05, 3.63) is 71.5 Å². The lowest BCUT2D eigenvalue weighted by Gasteiger charge is -2.48. The van der Waals surface area contributed by atoms with Gasteiger partial charge in [0.1, 0.15) is 17.7 Å². The predicted octanol–water partition coefficient (Wildman–Crippen LogP) is 4.65. The summed E-state index contributed by atoms with van der Waals surface area (Å²) in [5, 5.41) is 10.8. The van der Waals surface area contributed by atoms with Crippen LogP contribution < -0.4 is 25.8 Å². The fraction of sp³-hybridized carbons (Fsp3) is 0.465. The van der Waals surface area contributed by atoms with Crippen molar-refractivity contribution in [1.82, 2.24) is 25.2 Å². The summed E-state index contributed by atoms with van der Waals surface area (Å²) in [4.78, 5) is 70.2. The third kappa shape index (κ3) is 8.11. The first-order valence-electron chi connectivity index (χ1n) is 20.7. The lowest BCUT2D eigenvalue weighted by molar-refractivity contribution is -0.136. The number of carbonyl (C=O) groups is 4. The van der Waals surface area contributed by atoms with Crippen LogP contribution >= 0.6 is 0 Å². The van der Waals surface area contributed by atoms with Crippen LogP contribution in [0.15, 0.2) is 54.9 Å². The van der Waals surface area contributed by atoms with Crippen LogP contribution in [0.1, 0.15) is 85.1 Å². The Morgan fingerprint density at radius 2 is 1.77 bits per heavy atom. The van der Waals surface area contributed by atoms with E-state index >= 15 is 0 Å². The van der Waals surface area contributed by atoms with Crippen LogP contribution in [0.5, 0.6) is 0 Å². The van der Waals surface area contributed by atoms with Crippen LogP contribution in [0, 0.1) is 5.92 Å². The van der Waals surface area contributed by atoms with Gasteiger partial charge in [0, 0.05) is 80.8 Å². The molecule has 0 radical (unpaired) electrons. The number of amides is 4. The van der Waals surface area contributed by atoms with E-state index in [0.717, 1.165) is 47.3 Å². The molecule has 0 bridgehead atoms. The maximum atomic E-state index is 13.4. The Hall–Kier alpha value is -5.68. The van der Waals surface area contributed by atoms with Crippen molar-refractivity contribution in [2.24, 2.45) is 5.92 Å². The van der Waals surface area contributed by atoms with Gasteiger partial charge in [-0.1, -0.05) is 26.0 Å². The highest BCUT2D eigenvalue weighted by Gasteiger charge is 2.46. The van der Waals surface area contributed by atoms with E-state index in [-0.39, 0.29) is 66.0 Å². The maximum Gasteiger partial charge on any atom is 0.264 e. The van der Waals surface area contributed by atoms with Gasteiger partial charge < -0.3 is 25.2 Å². The minimum Gasteiger partial charge on any atom is -0.384 e. The van der Waals surface area contributed by atoms with E-state index < -0.39 is 39.5 Å². The van der Waals surface area contributed by atoms with Gasteiger partial charge in [0.2, 0.25) is 17.8 Å². The number of imide groups is 2. The van der Waals surface area contributed by atoms with Crippen LogP contribution in [0.4, 0.5) is 29.0 Å². The second-order valence-corrected chi connectivity index (χ2v) is 18.7. The molecule has 0 spiro atoms. The van der Waals surface area contributed by atoms with E-state index in [1.807, 2.05) is 12.3 Å². The lowest BCUT2D eigenvalue weighted by Crippen LogP contribution is -2.57. The van der Waals surface area contributed by atoms with E-state index in [1.165, 1.54) is 11.6 Å². The minimum atomic E-state index is -3.42. The molecule has 1 unspecified atom stereocenters. The van der Waals surface area contributed by atoms with Crippen LogP contribution in [-0.2, 0) is 24.2 Å². The first kappa shape index (κ1) is 41.1. The number of carbonyl (C=O) groups excluding carboxylic acids is 4. The number of aromatic nitrogens is 3. The standard InChI is InChI=1S/C43H51N9O7S/c1-25(2)29-9-10-34(32-22-46-37(21-31(29)32)47-36-13-17-45-43(48-36)50-18-14-28(59-4)15-19-50)51-23-27(26(51)3)24-60(57,58)20-6-16-44-33-8-5-7-30-39(33)42(56)52(41(30)55)35-11-12-38(53)49-40(35)54/h5,7-10,13,17,21-22,25-28,35,44H,6,11-12,14-16,18-20,23-24H2,1-4H3,(H,49,53,54)(H,45,46,47,48)/t26-,27-,35?/m1/s1. The van der Waals surface area contributed by atoms with E-state index in [9.17, 15) is 27.6 Å². The molecule has 0 aliphatic carbocycles. The van der Waals surface area contributed by atoms with E-state index in [4.69, 9.17) is 14.7 Å². The number of hydrogen-bond donors (Lipinski definition) is 3. The zero-order chi connectivity index (χ0) is 42.3. The Morgan fingerprint density at radius 1 is 0.967 bits per heavy atom. The summed E-state index contributed by atoms with van der Waals surface area (Å²) in [6.45, 7) is 8.91. The first-order valence-corrected chi connectivity index (χ1v) is 22.5. The molecule has 4 aliphatic rings. The summed E-state index contributed by atoms with van der Waals surface area (Å²) in [5.41, 5.74) is 2.90. The highest BCUT2D eigenvalue weighted by atomic mass is 32.2. The van der Waals surface area contributed by atoms with Gasteiger partial charge in [-0.15, -0.1) is 0 Å². The Bertz CT molecular complexity index is 2450. The number of ether oxygens (including phenoxy) is 1. The lowest BCUT2D eigenvalue weighted by atomic mass is 9.88. The summed E-state index contributed by atoms with van der Waals surface area (Å²) in [6.07, 6.45) is 6.16. The highest BCUT2D eigenvalue weighted by Crippen LogP contribution is 2.40. The zero-order valence-electron chi connectivity index (χ0n) is 34.3. The van der Waals surface area contributed by atoms with Crippen LogP contribution in [-0.4, -0.2) is 115 Å². The number of benzene rings is 2. The second kappa shape index (κ2) is 16.8. The van der Waals surface area contributed by atoms with Crippen molar-refractivity contribution in [1.29, 1.82) is 0 Å². The average molecular weight is 838 g/mol. The molecule has 4 aliphatic heterocycles. The smallest absolute Gasteiger partial charge is 0.264 e. The average Bonchev–Trinajstić information content (AvgIpc) is 3.49. The SMILES string of the molecule is COC1CCN(c2nccc(Nc3cc4c(C(C)C)ccc(N5C[C@H](CS(=O)(=O)CCCNc6cccc7c6C(=O)N(C6CCC(=O)NC6=O)C7=O)[C@H]5C)c4cn3)n2)CC1. The number of anilines is 5. The van der Waals surface area contributed by atoms with Gasteiger partial charge in [0.15, 0.2) is 9.84 Å². The topological polar surface area (TPSA) is 196 Å². The Morgan fingerprint density at radius 3 is 2.50 bits per heavy atom. The maximum absolute atomic E-state index is 13.4. The van der Waals surface area contributed by atoms with Crippen molar-refractivity contribution >= 4 is 73.2 Å². The van der Waals surface area contributed by atoms with Gasteiger partial charge in [-0.2, -0.15) is 4.98 Å². The number of piperidine rings is 2. The summed E-state index contributed by atoms with van der Waals surface area (Å²) in [7, 11) is -1.66. The molecule has 8 rings (SSSR count). The fourth-order valence-corrected chi connectivity index (χ4v) is 10.6. The molecule has 4 amide bonds. The van der Waals surface area contributed by atoms with E-state index in [2.05, 4.69) is 69.7 Å². The number of rotatable bonds is 14. The van der Waals surface area contributed by atoms with E-state index in [0.29, 0.717) is 36.2 Å². The molecule has 3 N–H and O–H groups in total. The Balaban J connectivity index is 0.880. The van der Waals surface area contributed by atoms with Crippen molar-refractivity contribution in [2.45, 2.75) is 77.0 Å². The molecule has 6 heterocycles. The molecule has 17 heteroatoms. The van der Waals surface area contributed by atoms with Gasteiger partial charge in [0.25, 0.3) is 11.8 Å². The minimum absolute atomic E-state index is 0.0139. The number of sulfone groups is 1. The molecular weight excluding hydrogens is 787 g/mol. The molecule has 2 aromatic heterocycles.